The Balaban J connectivity index is 3.15. The Kier molecular flexibility index (Phi) is 6.21. The molecule has 1 aromatic rings. The highest BCUT2D eigenvalue weighted by Crippen LogP contribution is 2.40. The zero-order valence-electron chi connectivity index (χ0n) is 11.2. The normalized spacial score (nSPS) is 13.8. The van der Waals surface area contributed by atoms with Gasteiger partial charge in [-0.1, -0.05) is 0 Å². The van der Waals surface area contributed by atoms with E-state index in [4.69, 9.17) is 25.8 Å². The summed E-state index contributed by atoms with van der Waals surface area (Å²) in [7, 11) is 4.48. The Bertz CT molecular complexity index is 385. The molecule has 0 aliphatic rings. The van der Waals surface area contributed by atoms with Crippen molar-refractivity contribution in [3.05, 3.63) is 17.7 Å². The van der Waals surface area contributed by atoms with Crippen LogP contribution in [0.1, 0.15) is 18.1 Å². The second kappa shape index (κ2) is 7.43. The highest BCUT2D eigenvalue weighted by atomic mass is 35.5. The van der Waals surface area contributed by atoms with E-state index >= 15 is 0 Å². The van der Waals surface area contributed by atoms with E-state index in [2.05, 4.69) is 0 Å². The molecule has 0 fully saturated rings. The van der Waals surface area contributed by atoms with Gasteiger partial charge in [0.1, 0.15) is 6.10 Å². The van der Waals surface area contributed by atoms with Crippen LogP contribution in [0.4, 0.5) is 0 Å². The van der Waals surface area contributed by atoms with Gasteiger partial charge in [-0.3, -0.25) is 0 Å². The average Bonchev–Trinajstić information content (AvgIpc) is 2.44. The Morgan fingerprint density at radius 3 is 1.95 bits per heavy atom. The Labute approximate surface area is 117 Å². The molecule has 0 bridgehead atoms. The van der Waals surface area contributed by atoms with Gasteiger partial charge in [-0.2, -0.15) is 0 Å². The molecule has 19 heavy (non-hydrogen) atoms. The number of halogens is 1. The summed E-state index contributed by atoms with van der Waals surface area (Å²) in [6, 6.07) is 3.20. The zero-order valence-corrected chi connectivity index (χ0v) is 12.0. The highest BCUT2D eigenvalue weighted by molar-refractivity contribution is 6.17. The van der Waals surface area contributed by atoms with Crippen molar-refractivity contribution >= 4 is 11.6 Å². The van der Waals surface area contributed by atoms with Gasteiger partial charge in [0.2, 0.25) is 5.75 Å². The van der Waals surface area contributed by atoms with E-state index < -0.39 is 12.2 Å². The molecule has 0 aromatic heterocycles. The van der Waals surface area contributed by atoms with E-state index in [-0.39, 0.29) is 5.88 Å². The standard InChI is InChI=1S/C13H19ClO5/c1-17-10-6-8(12(16)9(15)4-5-14)7-11(18-2)13(10)19-3/h6-7,9,12,15-16H,4-5H2,1-3H3. The summed E-state index contributed by atoms with van der Waals surface area (Å²) in [6.45, 7) is 0. The maximum Gasteiger partial charge on any atom is 0.203 e. The fraction of sp³-hybridized carbons (Fsp3) is 0.538. The molecule has 0 radical (unpaired) electrons. The molecule has 0 aliphatic carbocycles. The van der Waals surface area contributed by atoms with E-state index in [1.54, 1.807) is 12.1 Å². The van der Waals surface area contributed by atoms with E-state index in [0.717, 1.165) is 0 Å². The molecule has 2 N–H and O–H groups in total. The van der Waals surface area contributed by atoms with E-state index in [9.17, 15) is 10.2 Å². The van der Waals surface area contributed by atoms with Crippen LogP contribution in [-0.2, 0) is 0 Å². The van der Waals surface area contributed by atoms with Crippen molar-refractivity contribution < 1.29 is 24.4 Å². The molecule has 108 valence electrons. The van der Waals surface area contributed by atoms with Crippen molar-refractivity contribution in [1.29, 1.82) is 0 Å². The zero-order chi connectivity index (χ0) is 14.4. The molecular weight excluding hydrogens is 272 g/mol. The molecule has 0 heterocycles. The maximum absolute atomic E-state index is 10.1. The predicted molar refractivity (Wildman–Crippen MR) is 72.4 cm³/mol. The van der Waals surface area contributed by atoms with E-state index in [1.165, 1.54) is 21.3 Å². The van der Waals surface area contributed by atoms with Crippen LogP contribution in [0.3, 0.4) is 0 Å². The summed E-state index contributed by atoms with van der Waals surface area (Å²) in [5.74, 6) is 1.55. The molecule has 1 aromatic carbocycles. The lowest BCUT2D eigenvalue weighted by atomic mass is 10.0. The predicted octanol–water partition coefficient (Wildman–Crippen LogP) is 1.74. The Morgan fingerprint density at radius 2 is 1.58 bits per heavy atom. The first-order valence-corrected chi connectivity index (χ1v) is 6.34. The van der Waals surface area contributed by atoms with E-state index in [1.807, 2.05) is 0 Å². The smallest absolute Gasteiger partial charge is 0.203 e. The molecular formula is C13H19ClO5. The van der Waals surface area contributed by atoms with Gasteiger partial charge in [0.15, 0.2) is 11.5 Å². The van der Waals surface area contributed by atoms with E-state index in [0.29, 0.717) is 29.2 Å². The van der Waals surface area contributed by atoms with Crippen LogP contribution in [0.2, 0.25) is 0 Å². The molecule has 0 saturated carbocycles. The maximum atomic E-state index is 10.1. The third-order valence-corrected chi connectivity index (χ3v) is 3.02. The van der Waals surface area contributed by atoms with Crippen LogP contribution in [0.25, 0.3) is 0 Å². The minimum atomic E-state index is -1.06. The number of hydrogen-bond donors (Lipinski definition) is 2. The monoisotopic (exact) mass is 290 g/mol. The molecule has 1 rings (SSSR count). The molecule has 0 aliphatic heterocycles. The van der Waals surface area contributed by atoms with Gasteiger partial charge < -0.3 is 24.4 Å². The number of alkyl halides is 1. The molecule has 5 nitrogen and oxygen atoms in total. The summed E-state index contributed by atoms with van der Waals surface area (Å²) >= 11 is 5.55. The number of hydrogen-bond acceptors (Lipinski definition) is 5. The Morgan fingerprint density at radius 1 is 1.05 bits per heavy atom. The number of rotatable bonds is 7. The fourth-order valence-electron chi connectivity index (χ4n) is 1.76. The third kappa shape index (κ3) is 3.65. The van der Waals surface area contributed by atoms with Gasteiger partial charge in [0.25, 0.3) is 0 Å². The molecule has 6 heteroatoms. The van der Waals surface area contributed by atoms with Gasteiger partial charge in [0, 0.05) is 5.88 Å². The number of benzene rings is 1. The van der Waals surface area contributed by atoms with Crippen LogP contribution in [0.15, 0.2) is 12.1 Å². The Hall–Kier alpha value is -1.17. The largest absolute Gasteiger partial charge is 0.493 e. The SMILES string of the molecule is COc1cc(C(O)C(O)CCCl)cc(OC)c1OC. The van der Waals surface area contributed by atoms with Crippen molar-refractivity contribution in [2.75, 3.05) is 27.2 Å². The van der Waals surface area contributed by atoms with Crippen LogP contribution in [-0.4, -0.2) is 43.5 Å². The number of ether oxygens (including phenoxy) is 3. The highest BCUT2D eigenvalue weighted by Gasteiger charge is 2.22. The molecule has 0 amide bonds. The van der Waals surface area contributed by atoms with Crippen LogP contribution >= 0.6 is 11.6 Å². The van der Waals surface area contributed by atoms with Crippen molar-refractivity contribution in [3.8, 4) is 17.2 Å². The van der Waals surface area contributed by atoms with Crippen molar-refractivity contribution in [3.63, 3.8) is 0 Å². The van der Waals surface area contributed by atoms with Gasteiger partial charge in [0.05, 0.1) is 27.4 Å². The molecule has 0 saturated heterocycles. The summed E-state index contributed by atoms with van der Waals surface area (Å²) in [4.78, 5) is 0. The average molecular weight is 291 g/mol. The van der Waals surface area contributed by atoms with Gasteiger partial charge in [-0.15, -0.1) is 11.6 Å². The fourth-order valence-corrected chi connectivity index (χ4v) is 1.99. The quantitative estimate of drug-likeness (QED) is 0.749. The van der Waals surface area contributed by atoms with Gasteiger partial charge >= 0.3 is 0 Å². The molecule has 2 atom stereocenters. The number of aliphatic hydroxyl groups excluding tert-OH is 2. The minimum Gasteiger partial charge on any atom is -0.493 e. The topological polar surface area (TPSA) is 68.2 Å². The van der Waals surface area contributed by atoms with Crippen LogP contribution in [0, 0.1) is 0 Å². The second-order valence-electron chi connectivity index (χ2n) is 3.95. The van der Waals surface area contributed by atoms with Crippen molar-refractivity contribution in [2.24, 2.45) is 0 Å². The first-order chi connectivity index (χ1) is 9.08. The molecule has 2 unspecified atom stereocenters. The van der Waals surface area contributed by atoms with Crippen molar-refractivity contribution in [2.45, 2.75) is 18.6 Å². The van der Waals surface area contributed by atoms with Crippen molar-refractivity contribution in [1.82, 2.24) is 0 Å². The van der Waals surface area contributed by atoms with Crippen LogP contribution in [0.5, 0.6) is 17.2 Å². The lowest BCUT2D eigenvalue weighted by molar-refractivity contribution is 0.0167. The van der Waals surface area contributed by atoms with Gasteiger partial charge in [-0.05, 0) is 24.1 Å². The lowest BCUT2D eigenvalue weighted by Crippen LogP contribution is -2.18. The van der Waals surface area contributed by atoms with Crippen LogP contribution < -0.4 is 14.2 Å². The molecule has 0 spiro atoms. The number of methoxy groups -OCH3 is 3. The summed E-state index contributed by atoms with van der Waals surface area (Å²) < 4.78 is 15.6. The lowest BCUT2D eigenvalue weighted by Gasteiger charge is -2.20. The summed E-state index contributed by atoms with van der Waals surface area (Å²) in [6.07, 6.45) is -1.72. The second-order valence-corrected chi connectivity index (χ2v) is 4.33. The van der Waals surface area contributed by atoms with Gasteiger partial charge in [-0.25, -0.2) is 0 Å². The minimum absolute atomic E-state index is 0.267. The summed E-state index contributed by atoms with van der Waals surface area (Å²) in [5, 5.41) is 19.8. The summed E-state index contributed by atoms with van der Waals surface area (Å²) in [5.41, 5.74) is 0.479. The first-order valence-electron chi connectivity index (χ1n) is 5.81. The third-order valence-electron chi connectivity index (χ3n) is 2.80. The first kappa shape index (κ1) is 15.9. The number of aliphatic hydroxyl groups is 2.